The average Bonchev–Trinajstić information content (AvgIpc) is 2.29. The average molecular weight is 232 g/mol. The fourth-order valence-corrected chi connectivity index (χ4v) is 1.92. The monoisotopic (exact) mass is 232 g/mol. The summed E-state index contributed by atoms with van der Waals surface area (Å²) in [5.74, 6) is 0. The van der Waals surface area contributed by atoms with E-state index in [0.717, 1.165) is 12.8 Å². The molecule has 1 radical (unpaired) electrons. The minimum Gasteiger partial charge on any atom is -0.301 e. The maximum atomic E-state index is 8.09. The van der Waals surface area contributed by atoms with Crippen molar-refractivity contribution >= 4 is 5.69 Å². The van der Waals surface area contributed by atoms with Crippen LogP contribution >= 0.6 is 0 Å². The van der Waals surface area contributed by atoms with E-state index in [0.29, 0.717) is 5.69 Å². The molecule has 0 aromatic heterocycles. The lowest BCUT2D eigenvalue weighted by atomic mass is 9.76. The minimum absolute atomic E-state index is 0.0942. The van der Waals surface area contributed by atoms with Crippen molar-refractivity contribution in [3.63, 3.8) is 0 Å². The SMILES string of the molecule is CCC(C)(C)c1ccc([NH])c(C(C)(C)CC)c1. The Morgan fingerprint density at radius 3 is 1.94 bits per heavy atom. The van der Waals surface area contributed by atoms with Crippen LogP contribution in [0, 0.1) is 0 Å². The molecule has 0 saturated heterocycles. The Morgan fingerprint density at radius 2 is 1.47 bits per heavy atom. The highest BCUT2D eigenvalue weighted by atomic mass is 14.6. The van der Waals surface area contributed by atoms with Crippen LogP contribution in [0.25, 0.3) is 0 Å². The van der Waals surface area contributed by atoms with E-state index in [1.54, 1.807) is 0 Å². The molecule has 1 heteroatoms. The summed E-state index contributed by atoms with van der Waals surface area (Å²) in [4.78, 5) is 0. The molecule has 0 aliphatic heterocycles. The lowest BCUT2D eigenvalue weighted by molar-refractivity contribution is 0.489. The number of nitrogens with one attached hydrogen (secondary N) is 1. The molecule has 0 spiro atoms. The van der Waals surface area contributed by atoms with Gasteiger partial charge in [-0.15, -0.1) is 0 Å². The van der Waals surface area contributed by atoms with E-state index in [1.165, 1.54) is 11.1 Å². The van der Waals surface area contributed by atoms with Gasteiger partial charge in [-0.2, -0.15) is 0 Å². The van der Waals surface area contributed by atoms with Crippen LogP contribution in [0.5, 0.6) is 0 Å². The molecule has 0 aliphatic rings. The van der Waals surface area contributed by atoms with Gasteiger partial charge in [-0.25, -0.2) is 0 Å². The van der Waals surface area contributed by atoms with Crippen molar-refractivity contribution in [2.75, 3.05) is 0 Å². The number of hydrogen-bond acceptors (Lipinski definition) is 0. The molecule has 1 rings (SSSR count). The normalized spacial score (nSPS) is 12.8. The molecule has 0 unspecified atom stereocenters. The van der Waals surface area contributed by atoms with Gasteiger partial charge in [0, 0.05) is 0 Å². The summed E-state index contributed by atoms with van der Waals surface area (Å²) < 4.78 is 0. The van der Waals surface area contributed by atoms with Gasteiger partial charge in [-0.3, -0.25) is 0 Å². The van der Waals surface area contributed by atoms with E-state index >= 15 is 0 Å². The number of benzene rings is 1. The second-order valence-corrected chi connectivity index (χ2v) is 6.24. The second kappa shape index (κ2) is 4.72. The molecule has 0 atom stereocenters. The molecular weight excluding hydrogens is 206 g/mol. The van der Waals surface area contributed by atoms with Crippen LogP contribution in [0.2, 0.25) is 0 Å². The zero-order valence-electron chi connectivity index (χ0n) is 12.1. The van der Waals surface area contributed by atoms with E-state index in [1.807, 2.05) is 6.07 Å². The first-order chi connectivity index (χ1) is 7.74. The third-order valence-corrected chi connectivity index (χ3v) is 4.30. The van der Waals surface area contributed by atoms with Crippen molar-refractivity contribution in [3.05, 3.63) is 29.3 Å². The first-order valence-electron chi connectivity index (χ1n) is 6.61. The Balaban J connectivity index is 3.30. The molecule has 0 heterocycles. The number of rotatable bonds is 4. The summed E-state index contributed by atoms with van der Waals surface area (Å²) in [6, 6.07) is 6.32. The van der Waals surface area contributed by atoms with Gasteiger partial charge in [0.2, 0.25) is 0 Å². The quantitative estimate of drug-likeness (QED) is 0.699. The predicted octanol–water partition coefficient (Wildman–Crippen LogP) is 4.98. The molecule has 17 heavy (non-hydrogen) atoms. The first-order valence-corrected chi connectivity index (χ1v) is 6.61. The highest BCUT2D eigenvalue weighted by molar-refractivity contribution is 5.50. The van der Waals surface area contributed by atoms with Gasteiger partial charge < -0.3 is 5.73 Å². The van der Waals surface area contributed by atoms with E-state index in [2.05, 4.69) is 53.7 Å². The van der Waals surface area contributed by atoms with Crippen LogP contribution in [0.3, 0.4) is 0 Å². The van der Waals surface area contributed by atoms with Gasteiger partial charge in [-0.05, 0) is 40.9 Å². The topological polar surface area (TPSA) is 23.8 Å². The van der Waals surface area contributed by atoms with Crippen LogP contribution < -0.4 is 5.73 Å². The molecule has 1 aromatic carbocycles. The minimum atomic E-state index is 0.0942. The lowest BCUT2D eigenvalue weighted by Gasteiger charge is -2.29. The van der Waals surface area contributed by atoms with Crippen LogP contribution in [0.4, 0.5) is 5.69 Å². The summed E-state index contributed by atoms with van der Waals surface area (Å²) in [5.41, 5.74) is 11.6. The van der Waals surface area contributed by atoms with Gasteiger partial charge in [0.1, 0.15) is 0 Å². The van der Waals surface area contributed by atoms with Gasteiger partial charge in [0.25, 0.3) is 0 Å². The summed E-state index contributed by atoms with van der Waals surface area (Å²) in [5, 5.41) is 0. The Hall–Kier alpha value is -0.980. The third-order valence-electron chi connectivity index (χ3n) is 4.30. The molecule has 95 valence electrons. The molecule has 1 aromatic rings. The van der Waals surface area contributed by atoms with Crippen LogP contribution in [0.15, 0.2) is 18.2 Å². The van der Waals surface area contributed by atoms with Crippen molar-refractivity contribution in [3.8, 4) is 0 Å². The van der Waals surface area contributed by atoms with E-state index in [9.17, 15) is 0 Å². The number of hydrogen-bond donors (Lipinski definition) is 0. The smallest absolute Gasteiger partial charge is 0.0577 e. The summed E-state index contributed by atoms with van der Waals surface area (Å²) >= 11 is 0. The van der Waals surface area contributed by atoms with Crippen LogP contribution in [-0.2, 0) is 10.8 Å². The summed E-state index contributed by atoms with van der Waals surface area (Å²) in [7, 11) is 0. The van der Waals surface area contributed by atoms with E-state index in [4.69, 9.17) is 5.73 Å². The van der Waals surface area contributed by atoms with Crippen molar-refractivity contribution in [1.82, 2.24) is 5.73 Å². The van der Waals surface area contributed by atoms with Gasteiger partial charge in [-0.1, -0.05) is 53.7 Å². The molecule has 0 saturated carbocycles. The van der Waals surface area contributed by atoms with Gasteiger partial charge in [0.05, 0.1) is 5.69 Å². The zero-order valence-corrected chi connectivity index (χ0v) is 12.1. The molecular formula is C16H26N. The van der Waals surface area contributed by atoms with Crippen molar-refractivity contribution in [2.24, 2.45) is 0 Å². The molecule has 0 bridgehead atoms. The Morgan fingerprint density at radius 1 is 0.941 bits per heavy atom. The van der Waals surface area contributed by atoms with E-state index in [-0.39, 0.29) is 10.8 Å². The first kappa shape index (κ1) is 14.1. The Bertz CT molecular complexity index is 389. The lowest BCUT2D eigenvalue weighted by Crippen LogP contribution is -2.20. The highest BCUT2D eigenvalue weighted by Crippen LogP contribution is 2.36. The van der Waals surface area contributed by atoms with Gasteiger partial charge in [0.15, 0.2) is 0 Å². The molecule has 1 nitrogen and oxygen atoms in total. The summed E-state index contributed by atoms with van der Waals surface area (Å²) in [6.45, 7) is 13.4. The van der Waals surface area contributed by atoms with Crippen molar-refractivity contribution in [1.29, 1.82) is 0 Å². The van der Waals surface area contributed by atoms with E-state index < -0.39 is 0 Å². The maximum Gasteiger partial charge on any atom is 0.0577 e. The van der Waals surface area contributed by atoms with Crippen molar-refractivity contribution < 1.29 is 0 Å². The van der Waals surface area contributed by atoms with Crippen LogP contribution in [0.1, 0.15) is 65.5 Å². The summed E-state index contributed by atoms with van der Waals surface area (Å²) in [6.07, 6.45) is 2.19. The third kappa shape index (κ3) is 2.83. The standard InChI is InChI=1S/C16H26N/c1-7-15(3,4)12-9-10-14(17)13(11-12)16(5,6)8-2/h9-11,17H,7-8H2,1-6H3. The Labute approximate surface area is 106 Å². The van der Waals surface area contributed by atoms with Crippen molar-refractivity contribution in [2.45, 2.75) is 65.2 Å². The molecule has 0 amide bonds. The molecule has 0 fully saturated rings. The highest BCUT2D eigenvalue weighted by Gasteiger charge is 2.25. The fraction of sp³-hybridized carbons (Fsp3) is 0.625. The maximum absolute atomic E-state index is 8.09. The molecule has 1 N–H and O–H groups in total. The zero-order chi connectivity index (χ0) is 13.3. The largest absolute Gasteiger partial charge is 0.301 e. The second-order valence-electron chi connectivity index (χ2n) is 6.24. The fourth-order valence-electron chi connectivity index (χ4n) is 1.92. The van der Waals surface area contributed by atoms with Crippen LogP contribution in [-0.4, -0.2) is 0 Å². The van der Waals surface area contributed by atoms with Gasteiger partial charge >= 0.3 is 0 Å². The Kier molecular flexibility index (Phi) is 3.91. The molecule has 0 aliphatic carbocycles. The predicted molar refractivity (Wildman–Crippen MR) is 75.8 cm³/mol.